The van der Waals surface area contributed by atoms with Gasteiger partial charge in [-0.15, -0.1) is 23.2 Å². The minimum absolute atomic E-state index is 0.314. The van der Waals surface area contributed by atoms with E-state index in [-0.39, 0.29) is 5.41 Å². The number of hydrogen-bond acceptors (Lipinski definition) is 1. The van der Waals surface area contributed by atoms with Crippen molar-refractivity contribution >= 4 is 34.8 Å². The van der Waals surface area contributed by atoms with Gasteiger partial charge in [-0.05, 0) is 30.5 Å². The number of rotatable bonds is 6. The number of aryl methyl sites for hydroxylation is 2. The Bertz CT molecular complexity index is 562. The molecule has 2 nitrogen and oxygen atoms in total. The highest BCUT2D eigenvalue weighted by atomic mass is 35.5. The number of halogens is 3. The van der Waals surface area contributed by atoms with Crippen LogP contribution in [-0.4, -0.2) is 21.5 Å². The van der Waals surface area contributed by atoms with E-state index in [1.165, 1.54) is 0 Å². The van der Waals surface area contributed by atoms with Gasteiger partial charge < -0.3 is 0 Å². The van der Waals surface area contributed by atoms with Crippen LogP contribution in [0.25, 0.3) is 0 Å². The molecule has 0 saturated heterocycles. The van der Waals surface area contributed by atoms with Crippen molar-refractivity contribution in [2.24, 2.45) is 7.05 Å². The molecule has 108 valence electrons. The molecule has 20 heavy (non-hydrogen) atoms. The zero-order valence-electron chi connectivity index (χ0n) is 11.3. The average Bonchev–Trinajstić information content (AvgIpc) is 2.87. The maximum atomic E-state index is 6.32. The van der Waals surface area contributed by atoms with Gasteiger partial charge >= 0.3 is 0 Å². The summed E-state index contributed by atoms with van der Waals surface area (Å²) in [5.41, 5.74) is 1.87. The van der Waals surface area contributed by atoms with E-state index in [0.717, 1.165) is 29.1 Å². The van der Waals surface area contributed by atoms with Gasteiger partial charge in [-0.2, -0.15) is 5.10 Å². The molecule has 0 fully saturated rings. The Labute approximate surface area is 134 Å². The Morgan fingerprint density at radius 3 is 2.40 bits per heavy atom. The molecule has 0 radical (unpaired) electrons. The molecule has 2 rings (SSSR count). The predicted octanol–water partition coefficient (Wildman–Crippen LogP) is 4.42. The molecule has 1 heterocycles. The first kappa shape index (κ1) is 15.7. The fourth-order valence-corrected chi connectivity index (χ4v) is 3.53. The van der Waals surface area contributed by atoms with E-state index in [0.29, 0.717) is 11.8 Å². The highest BCUT2D eigenvalue weighted by Crippen LogP contribution is 2.36. The number of nitrogens with zero attached hydrogens (tertiary/aromatic N) is 2. The molecule has 0 bridgehead atoms. The van der Waals surface area contributed by atoms with Crippen molar-refractivity contribution in [1.82, 2.24) is 9.78 Å². The van der Waals surface area contributed by atoms with Gasteiger partial charge in [0, 0.05) is 41.1 Å². The average molecular weight is 332 g/mol. The first-order valence-corrected chi connectivity index (χ1v) is 7.91. The van der Waals surface area contributed by atoms with Gasteiger partial charge in [-0.3, -0.25) is 4.68 Å². The smallest absolute Gasteiger partial charge is 0.0492 e. The molecule has 0 atom stereocenters. The zero-order valence-corrected chi connectivity index (χ0v) is 13.6. The van der Waals surface area contributed by atoms with Gasteiger partial charge in [0.1, 0.15) is 0 Å². The second-order valence-electron chi connectivity index (χ2n) is 4.97. The molecule has 0 amide bonds. The molecule has 0 aliphatic carbocycles. The normalized spacial score (nSPS) is 11.8. The minimum Gasteiger partial charge on any atom is -0.273 e. The van der Waals surface area contributed by atoms with Crippen molar-refractivity contribution in [2.45, 2.75) is 18.3 Å². The van der Waals surface area contributed by atoms with Crippen molar-refractivity contribution in [2.75, 3.05) is 11.8 Å². The maximum absolute atomic E-state index is 6.32. The molecular weight excluding hydrogens is 315 g/mol. The van der Waals surface area contributed by atoms with E-state index >= 15 is 0 Å². The number of alkyl halides is 2. The lowest BCUT2D eigenvalue weighted by Gasteiger charge is -2.31. The van der Waals surface area contributed by atoms with E-state index in [1.54, 1.807) is 6.20 Å². The molecular formula is C15H17Cl3N2. The van der Waals surface area contributed by atoms with Crippen LogP contribution >= 0.6 is 34.8 Å². The van der Waals surface area contributed by atoms with Crippen LogP contribution in [0.4, 0.5) is 0 Å². The fraction of sp³-hybridized carbons (Fsp3) is 0.400. The largest absolute Gasteiger partial charge is 0.273 e. The van der Waals surface area contributed by atoms with Crippen molar-refractivity contribution < 1.29 is 0 Å². The highest BCUT2D eigenvalue weighted by molar-refractivity contribution is 6.32. The van der Waals surface area contributed by atoms with Crippen molar-refractivity contribution in [1.29, 1.82) is 0 Å². The van der Waals surface area contributed by atoms with Gasteiger partial charge in [0.05, 0.1) is 0 Å². The summed E-state index contributed by atoms with van der Waals surface area (Å²) in [6.45, 7) is 0. The van der Waals surface area contributed by atoms with E-state index in [1.807, 2.05) is 42.1 Å². The molecule has 0 aliphatic heterocycles. The highest BCUT2D eigenvalue weighted by Gasteiger charge is 2.32. The summed E-state index contributed by atoms with van der Waals surface area (Å²) in [5, 5.41) is 4.90. The number of aromatic nitrogens is 2. The first-order valence-electron chi connectivity index (χ1n) is 6.47. The van der Waals surface area contributed by atoms with Gasteiger partial charge in [0.15, 0.2) is 0 Å². The molecule has 5 heteroatoms. The van der Waals surface area contributed by atoms with Gasteiger partial charge in [-0.1, -0.05) is 29.8 Å². The molecule has 2 aromatic rings. The van der Waals surface area contributed by atoms with Gasteiger partial charge in [0.25, 0.3) is 0 Å². The first-order chi connectivity index (χ1) is 9.63. The summed E-state index contributed by atoms with van der Waals surface area (Å²) >= 11 is 18.8. The summed E-state index contributed by atoms with van der Waals surface area (Å²) < 4.78 is 1.87. The van der Waals surface area contributed by atoms with E-state index < -0.39 is 0 Å². The quantitative estimate of drug-likeness (QED) is 0.716. The van der Waals surface area contributed by atoms with Crippen LogP contribution in [-0.2, 0) is 18.9 Å². The Balaban J connectivity index is 2.26. The predicted molar refractivity (Wildman–Crippen MR) is 86.1 cm³/mol. The van der Waals surface area contributed by atoms with Crippen LogP contribution in [0.2, 0.25) is 5.02 Å². The van der Waals surface area contributed by atoms with Crippen molar-refractivity contribution in [3.63, 3.8) is 0 Å². The Morgan fingerprint density at radius 1 is 1.15 bits per heavy atom. The van der Waals surface area contributed by atoms with Crippen molar-refractivity contribution in [3.8, 4) is 0 Å². The number of benzene rings is 1. The second-order valence-corrected chi connectivity index (χ2v) is 5.92. The summed E-state index contributed by atoms with van der Waals surface area (Å²) in [4.78, 5) is 0. The van der Waals surface area contributed by atoms with Gasteiger partial charge in [0.2, 0.25) is 0 Å². The van der Waals surface area contributed by atoms with E-state index in [2.05, 4.69) is 5.10 Å². The zero-order chi connectivity index (χ0) is 14.6. The molecule has 1 aromatic carbocycles. The SMILES string of the molecule is Cn1nccc1CCC(CCl)(CCl)c1ccccc1Cl. The second kappa shape index (κ2) is 6.84. The monoisotopic (exact) mass is 330 g/mol. The Kier molecular flexibility index (Phi) is 5.36. The lowest BCUT2D eigenvalue weighted by atomic mass is 9.79. The van der Waals surface area contributed by atoms with Gasteiger partial charge in [-0.25, -0.2) is 0 Å². The van der Waals surface area contributed by atoms with Crippen LogP contribution in [0.5, 0.6) is 0 Å². The van der Waals surface area contributed by atoms with Crippen molar-refractivity contribution in [3.05, 3.63) is 52.8 Å². The third-order valence-corrected chi connectivity index (χ3v) is 5.09. The van der Waals surface area contributed by atoms with Crippen LogP contribution in [0.3, 0.4) is 0 Å². The van der Waals surface area contributed by atoms with Crippen LogP contribution in [0.15, 0.2) is 36.5 Å². The molecule has 0 spiro atoms. The topological polar surface area (TPSA) is 17.8 Å². The maximum Gasteiger partial charge on any atom is 0.0492 e. The summed E-state index contributed by atoms with van der Waals surface area (Å²) in [6, 6.07) is 9.80. The van der Waals surface area contributed by atoms with Crippen LogP contribution in [0, 0.1) is 0 Å². The number of hydrogen-bond donors (Lipinski definition) is 0. The minimum atomic E-state index is -0.314. The molecule has 0 unspecified atom stereocenters. The summed E-state index contributed by atoms with van der Waals surface area (Å²) in [7, 11) is 1.94. The van der Waals surface area contributed by atoms with Crippen LogP contribution < -0.4 is 0 Å². The summed E-state index contributed by atoms with van der Waals surface area (Å²) in [6.07, 6.45) is 3.50. The molecule has 1 aromatic heterocycles. The van der Waals surface area contributed by atoms with E-state index in [9.17, 15) is 0 Å². The standard InChI is InChI=1S/C15H17Cl3N2/c1-20-12(7-9-19-20)6-8-15(10-16,11-17)13-4-2-3-5-14(13)18/h2-5,7,9H,6,8,10-11H2,1H3. The lowest BCUT2D eigenvalue weighted by Crippen LogP contribution is -2.32. The van der Waals surface area contributed by atoms with Crippen LogP contribution in [0.1, 0.15) is 17.7 Å². The third-order valence-electron chi connectivity index (χ3n) is 3.74. The molecule has 0 saturated carbocycles. The third kappa shape index (κ3) is 3.13. The Hall–Kier alpha value is -0.700. The fourth-order valence-electron chi connectivity index (χ4n) is 2.35. The molecule has 0 N–H and O–H groups in total. The lowest BCUT2D eigenvalue weighted by molar-refractivity contribution is 0.483. The molecule has 0 aliphatic rings. The Morgan fingerprint density at radius 2 is 1.85 bits per heavy atom. The summed E-state index contributed by atoms with van der Waals surface area (Å²) in [5.74, 6) is 0.885. The van der Waals surface area contributed by atoms with E-state index in [4.69, 9.17) is 34.8 Å².